The highest BCUT2D eigenvalue weighted by atomic mass is 16.2. The molecule has 0 aliphatic heterocycles. The highest BCUT2D eigenvalue weighted by molar-refractivity contribution is 5.87. The number of hydrogen-bond acceptors (Lipinski definition) is 3. The van der Waals surface area contributed by atoms with Crippen LogP contribution >= 0.6 is 0 Å². The number of Topliss-reactive ketones (excluding diaryl/α,β-unsaturated/α-hetero) is 1. The van der Waals surface area contributed by atoms with E-state index in [9.17, 15) is 9.59 Å². The fourth-order valence-electron chi connectivity index (χ4n) is 1.57. The molecule has 5 N–H and O–H groups in total. The van der Waals surface area contributed by atoms with E-state index >= 15 is 0 Å². The minimum Gasteiger partial charge on any atom is -0.370 e. The van der Waals surface area contributed by atoms with Crippen LogP contribution in [0.15, 0.2) is 4.99 Å². The predicted octanol–water partition coefficient (Wildman–Crippen LogP) is 0.550. The Balaban J connectivity index is 4.08. The average Bonchev–Trinajstić information content (AvgIpc) is 2.29. The van der Waals surface area contributed by atoms with Crippen molar-refractivity contribution in [3.63, 3.8) is 0 Å². The monoisotopic (exact) mass is 270 g/mol. The first-order valence-corrected chi connectivity index (χ1v) is 6.68. The highest BCUT2D eigenvalue weighted by Crippen LogP contribution is 2.05. The van der Waals surface area contributed by atoms with Gasteiger partial charge in [-0.1, -0.05) is 13.8 Å². The summed E-state index contributed by atoms with van der Waals surface area (Å²) >= 11 is 0. The number of carbonyl (C=O) groups is 2. The summed E-state index contributed by atoms with van der Waals surface area (Å²) < 4.78 is 0. The largest absolute Gasteiger partial charge is 0.370 e. The normalized spacial score (nSPS) is 12.0. The maximum atomic E-state index is 11.7. The van der Waals surface area contributed by atoms with Crippen LogP contribution in [0.4, 0.5) is 0 Å². The number of hydrogen-bond donors (Lipinski definition) is 3. The van der Waals surface area contributed by atoms with Crippen molar-refractivity contribution in [2.24, 2.45) is 22.4 Å². The number of amides is 1. The van der Waals surface area contributed by atoms with Crippen molar-refractivity contribution >= 4 is 17.6 Å². The van der Waals surface area contributed by atoms with E-state index in [1.54, 1.807) is 0 Å². The molecule has 0 rings (SSSR count). The maximum absolute atomic E-state index is 11.7. The lowest BCUT2D eigenvalue weighted by Gasteiger charge is -2.15. The molecule has 0 fully saturated rings. The molecule has 0 bridgehead atoms. The van der Waals surface area contributed by atoms with Gasteiger partial charge in [-0.2, -0.15) is 0 Å². The van der Waals surface area contributed by atoms with Crippen molar-refractivity contribution in [3.8, 4) is 0 Å². The zero-order valence-electron chi connectivity index (χ0n) is 12.1. The highest BCUT2D eigenvalue weighted by Gasteiger charge is 2.16. The van der Waals surface area contributed by atoms with Gasteiger partial charge in [0.15, 0.2) is 11.7 Å². The molecular weight excluding hydrogens is 244 g/mol. The summed E-state index contributed by atoms with van der Waals surface area (Å²) in [5, 5.41) is 2.76. The standard InChI is InChI=1S/C13H26N4O2/c1-9(2)6-7-12(19)17-11(10(3)18)5-4-8-16-13(14)15/h9,11H,4-8H2,1-3H3,(H,17,19)(H4,14,15,16). The molecule has 0 spiro atoms. The van der Waals surface area contributed by atoms with Gasteiger partial charge in [-0.15, -0.1) is 0 Å². The lowest BCUT2D eigenvalue weighted by molar-refractivity contribution is -0.127. The van der Waals surface area contributed by atoms with Crippen molar-refractivity contribution in [2.75, 3.05) is 6.54 Å². The Bertz CT molecular complexity index is 323. The number of aliphatic imine (C=N–C) groups is 1. The van der Waals surface area contributed by atoms with Gasteiger partial charge in [-0.25, -0.2) is 0 Å². The van der Waals surface area contributed by atoms with Crippen molar-refractivity contribution in [1.82, 2.24) is 5.32 Å². The molecule has 0 aliphatic carbocycles. The Morgan fingerprint density at radius 3 is 2.32 bits per heavy atom. The molecule has 0 saturated carbocycles. The molecule has 0 saturated heterocycles. The summed E-state index contributed by atoms with van der Waals surface area (Å²) in [6, 6.07) is -0.436. The zero-order chi connectivity index (χ0) is 14.8. The fourth-order valence-corrected chi connectivity index (χ4v) is 1.57. The van der Waals surface area contributed by atoms with Gasteiger partial charge < -0.3 is 16.8 Å². The Morgan fingerprint density at radius 2 is 1.84 bits per heavy atom. The number of nitrogens with one attached hydrogen (secondary N) is 1. The second-order valence-corrected chi connectivity index (χ2v) is 5.11. The molecule has 1 atom stereocenters. The van der Waals surface area contributed by atoms with E-state index in [-0.39, 0.29) is 17.6 Å². The Morgan fingerprint density at radius 1 is 1.21 bits per heavy atom. The van der Waals surface area contributed by atoms with E-state index in [0.717, 1.165) is 6.42 Å². The third-order valence-corrected chi connectivity index (χ3v) is 2.72. The molecule has 0 aliphatic rings. The van der Waals surface area contributed by atoms with Crippen molar-refractivity contribution < 1.29 is 9.59 Å². The van der Waals surface area contributed by atoms with Crippen LogP contribution in [0.3, 0.4) is 0 Å². The molecule has 110 valence electrons. The molecule has 6 heteroatoms. The van der Waals surface area contributed by atoms with Gasteiger partial charge >= 0.3 is 0 Å². The predicted molar refractivity (Wildman–Crippen MR) is 76.6 cm³/mol. The molecule has 6 nitrogen and oxygen atoms in total. The van der Waals surface area contributed by atoms with Gasteiger partial charge in [0.1, 0.15) is 0 Å². The van der Waals surface area contributed by atoms with E-state index in [2.05, 4.69) is 24.2 Å². The SMILES string of the molecule is CC(=O)C(CCCN=C(N)N)NC(=O)CCC(C)C. The van der Waals surface area contributed by atoms with E-state index < -0.39 is 6.04 Å². The number of ketones is 1. The topological polar surface area (TPSA) is 111 Å². The van der Waals surface area contributed by atoms with Crippen molar-refractivity contribution in [2.45, 2.75) is 52.5 Å². The zero-order valence-corrected chi connectivity index (χ0v) is 12.1. The Kier molecular flexibility index (Phi) is 8.57. The number of nitrogens with two attached hydrogens (primary N) is 2. The molecule has 0 radical (unpaired) electrons. The van der Waals surface area contributed by atoms with Crippen LogP contribution in [-0.4, -0.2) is 30.2 Å². The van der Waals surface area contributed by atoms with Crippen molar-refractivity contribution in [3.05, 3.63) is 0 Å². The first-order valence-electron chi connectivity index (χ1n) is 6.68. The van der Waals surface area contributed by atoms with Gasteiger partial charge in [0, 0.05) is 13.0 Å². The summed E-state index contributed by atoms with van der Waals surface area (Å²) in [4.78, 5) is 27.0. The minimum absolute atomic E-state index is 0.0393. The molecule has 0 aromatic carbocycles. The van der Waals surface area contributed by atoms with Gasteiger partial charge in [-0.3, -0.25) is 14.6 Å². The smallest absolute Gasteiger partial charge is 0.220 e. The number of carbonyl (C=O) groups excluding carboxylic acids is 2. The van der Waals surface area contributed by atoms with Gasteiger partial charge in [-0.05, 0) is 32.1 Å². The van der Waals surface area contributed by atoms with Crippen LogP contribution in [0.2, 0.25) is 0 Å². The summed E-state index contributed by atoms with van der Waals surface area (Å²) in [7, 11) is 0. The maximum Gasteiger partial charge on any atom is 0.220 e. The molecule has 0 aromatic heterocycles. The van der Waals surface area contributed by atoms with Gasteiger partial charge in [0.25, 0.3) is 0 Å². The fraction of sp³-hybridized carbons (Fsp3) is 0.769. The van der Waals surface area contributed by atoms with Crippen LogP contribution in [0.25, 0.3) is 0 Å². The third-order valence-electron chi connectivity index (χ3n) is 2.72. The quantitative estimate of drug-likeness (QED) is 0.323. The number of nitrogens with zero attached hydrogens (tertiary/aromatic N) is 1. The first-order chi connectivity index (χ1) is 8.82. The molecule has 19 heavy (non-hydrogen) atoms. The molecule has 1 unspecified atom stereocenters. The summed E-state index contributed by atoms with van der Waals surface area (Å²) in [5.74, 6) is 0.405. The summed E-state index contributed by atoms with van der Waals surface area (Å²) in [5.41, 5.74) is 10.4. The molecular formula is C13H26N4O2. The average molecular weight is 270 g/mol. The summed E-state index contributed by atoms with van der Waals surface area (Å²) in [6.45, 7) is 6.07. The van der Waals surface area contributed by atoms with Crippen LogP contribution in [-0.2, 0) is 9.59 Å². The molecule has 0 aromatic rings. The number of rotatable bonds is 9. The van der Waals surface area contributed by atoms with Crippen LogP contribution in [0.1, 0.15) is 46.5 Å². The lowest BCUT2D eigenvalue weighted by Crippen LogP contribution is -2.39. The number of guanidine groups is 1. The molecule has 0 heterocycles. The molecule has 1 amide bonds. The van der Waals surface area contributed by atoms with Crippen LogP contribution < -0.4 is 16.8 Å². The summed E-state index contributed by atoms with van der Waals surface area (Å²) in [6.07, 6.45) is 2.49. The van der Waals surface area contributed by atoms with E-state index in [1.165, 1.54) is 6.92 Å². The van der Waals surface area contributed by atoms with Gasteiger partial charge in [0.2, 0.25) is 5.91 Å². The van der Waals surface area contributed by atoms with E-state index in [4.69, 9.17) is 11.5 Å². The second kappa shape index (κ2) is 9.35. The Labute approximate surface area is 115 Å². The third kappa shape index (κ3) is 10.1. The van der Waals surface area contributed by atoms with Crippen molar-refractivity contribution in [1.29, 1.82) is 0 Å². The van der Waals surface area contributed by atoms with Crippen LogP contribution in [0, 0.1) is 5.92 Å². The lowest BCUT2D eigenvalue weighted by atomic mass is 10.1. The van der Waals surface area contributed by atoms with Crippen LogP contribution in [0.5, 0.6) is 0 Å². The van der Waals surface area contributed by atoms with E-state index in [1.807, 2.05) is 0 Å². The second-order valence-electron chi connectivity index (χ2n) is 5.11. The van der Waals surface area contributed by atoms with E-state index in [0.29, 0.717) is 31.7 Å². The minimum atomic E-state index is -0.436. The Hall–Kier alpha value is -1.59. The van der Waals surface area contributed by atoms with Gasteiger partial charge in [0.05, 0.1) is 6.04 Å². The first kappa shape index (κ1) is 17.4.